The summed E-state index contributed by atoms with van der Waals surface area (Å²) in [5.41, 5.74) is 0. The molecule has 2 heteroatoms. The molecule has 1 aliphatic heterocycles. The molecule has 0 amide bonds. The third kappa shape index (κ3) is 1.86. The van der Waals surface area contributed by atoms with E-state index in [1.54, 1.807) is 6.42 Å². The van der Waals surface area contributed by atoms with Crippen molar-refractivity contribution in [2.24, 2.45) is 0 Å². The quantitative estimate of drug-likeness (QED) is 0.494. The molecule has 0 atom stereocenters. The predicted molar refractivity (Wildman–Crippen MR) is 35.6 cm³/mol. The smallest absolute Gasteiger partial charge is 0.192 e. The molecule has 0 aromatic heterocycles. The Kier molecular flexibility index (Phi) is 2.40. The zero-order chi connectivity index (χ0) is 5.82. The van der Waals surface area contributed by atoms with Crippen LogP contribution in [0.15, 0.2) is 0 Å². The van der Waals surface area contributed by atoms with Gasteiger partial charge in [0.2, 0.25) is 0 Å². The van der Waals surface area contributed by atoms with Crippen LogP contribution in [-0.4, -0.2) is 10.9 Å². The van der Waals surface area contributed by atoms with E-state index in [1.807, 2.05) is 0 Å². The second-order valence-electron chi connectivity index (χ2n) is 1.87. The summed E-state index contributed by atoms with van der Waals surface area (Å²) in [5.74, 6) is 1.02. The van der Waals surface area contributed by atoms with E-state index < -0.39 is 0 Å². The third-order valence-corrected chi connectivity index (χ3v) is 2.10. The third-order valence-electron chi connectivity index (χ3n) is 1.15. The summed E-state index contributed by atoms with van der Waals surface area (Å²) < 4.78 is 0. The van der Waals surface area contributed by atoms with Crippen LogP contribution in [0.1, 0.15) is 19.3 Å². The lowest BCUT2D eigenvalue weighted by atomic mass is 10.2. The lowest BCUT2D eigenvalue weighted by Gasteiger charge is -1.86. The molecule has 1 aliphatic rings. The van der Waals surface area contributed by atoms with Crippen LogP contribution in [-0.2, 0) is 4.79 Å². The molecule has 1 radical (unpaired) electrons. The van der Waals surface area contributed by atoms with E-state index in [4.69, 9.17) is 0 Å². The van der Waals surface area contributed by atoms with Crippen molar-refractivity contribution in [2.45, 2.75) is 19.3 Å². The van der Waals surface area contributed by atoms with Gasteiger partial charge in [-0.3, -0.25) is 4.79 Å². The molecule has 0 aromatic rings. The Hall–Kier alpha value is 0.0200. The van der Waals surface area contributed by atoms with Gasteiger partial charge in [-0.15, -0.1) is 0 Å². The predicted octanol–water partition coefficient (Wildman–Crippen LogP) is 1.63. The summed E-state index contributed by atoms with van der Waals surface area (Å²) in [6, 6.07) is 0. The van der Waals surface area contributed by atoms with E-state index in [-0.39, 0.29) is 5.12 Å². The van der Waals surface area contributed by atoms with Gasteiger partial charge in [0.05, 0.1) is 0 Å². The summed E-state index contributed by atoms with van der Waals surface area (Å²) in [5, 5.41) is 0.266. The van der Waals surface area contributed by atoms with Gasteiger partial charge in [-0.05, 0) is 12.8 Å². The highest BCUT2D eigenvalue weighted by Gasteiger charge is 2.06. The molecule has 0 bridgehead atoms. The minimum atomic E-state index is 0.266. The van der Waals surface area contributed by atoms with Crippen LogP contribution < -0.4 is 0 Å². The summed E-state index contributed by atoms with van der Waals surface area (Å²) in [4.78, 5) is 10.6. The molecule has 8 heavy (non-hydrogen) atoms. The van der Waals surface area contributed by atoms with Crippen LogP contribution >= 0.6 is 11.8 Å². The Balaban J connectivity index is 2.27. The highest BCUT2D eigenvalue weighted by atomic mass is 32.2. The molecule has 0 unspecified atom stereocenters. The van der Waals surface area contributed by atoms with Crippen molar-refractivity contribution in [1.82, 2.24) is 0 Å². The number of carbonyl (C=O) groups is 1. The summed E-state index contributed by atoms with van der Waals surface area (Å²) in [7, 11) is 0. The number of hydrogen-bond donors (Lipinski definition) is 0. The van der Waals surface area contributed by atoms with Crippen molar-refractivity contribution in [3.63, 3.8) is 0 Å². The largest absolute Gasteiger partial charge is 0.287 e. The molecule has 0 spiro atoms. The van der Waals surface area contributed by atoms with E-state index in [9.17, 15) is 4.79 Å². The Labute approximate surface area is 53.8 Å². The van der Waals surface area contributed by atoms with Gasteiger partial charge < -0.3 is 0 Å². The van der Waals surface area contributed by atoms with Crippen LogP contribution in [0.3, 0.4) is 0 Å². The van der Waals surface area contributed by atoms with Crippen LogP contribution in [0.4, 0.5) is 0 Å². The standard InChI is InChI=1S/C6H9OS/c7-6-4-2-1-3-5-8-6/h4H,1-3,5H2. The second-order valence-corrected chi connectivity index (χ2v) is 2.97. The minimum Gasteiger partial charge on any atom is -0.287 e. The molecule has 45 valence electrons. The topological polar surface area (TPSA) is 17.1 Å². The summed E-state index contributed by atoms with van der Waals surface area (Å²) in [6.07, 6.45) is 5.18. The molecular weight excluding hydrogens is 120 g/mol. The number of rotatable bonds is 0. The summed E-state index contributed by atoms with van der Waals surface area (Å²) >= 11 is 1.44. The van der Waals surface area contributed by atoms with Crippen molar-refractivity contribution >= 4 is 16.9 Å². The fourth-order valence-corrected chi connectivity index (χ4v) is 1.48. The first kappa shape index (κ1) is 6.14. The van der Waals surface area contributed by atoms with Crippen molar-refractivity contribution in [3.05, 3.63) is 6.42 Å². The lowest BCUT2D eigenvalue weighted by molar-refractivity contribution is -0.108. The number of hydrogen-bond acceptors (Lipinski definition) is 2. The average molecular weight is 129 g/mol. The van der Waals surface area contributed by atoms with Crippen molar-refractivity contribution in [1.29, 1.82) is 0 Å². The maximum absolute atomic E-state index is 10.6. The van der Waals surface area contributed by atoms with Gasteiger partial charge in [-0.25, -0.2) is 0 Å². The van der Waals surface area contributed by atoms with Gasteiger partial charge >= 0.3 is 0 Å². The van der Waals surface area contributed by atoms with Gasteiger partial charge in [0.15, 0.2) is 5.12 Å². The van der Waals surface area contributed by atoms with Gasteiger partial charge in [-0.2, -0.15) is 0 Å². The van der Waals surface area contributed by atoms with E-state index in [2.05, 4.69) is 0 Å². The minimum absolute atomic E-state index is 0.266. The molecule has 1 saturated heterocycles. The summed E-state index contributed by atoms with van der Waals surface area (Å²) in [6.45, 7) is 0. The molecule has 0 saturated carbocycles. The van der Waals surface area contributed by atoms with Crippen LogP contribution in [0.5, 0.6) is 0 Å². The van der Waals surface area contributed by atoms with Crippen LogP contribution in [0.25, 0.3) is 0 Å². The molecule has 1 rings (SSSR count). The average Bonchev–Trinajstić information content (AvgIpc) is 1.94. The molecule has 1 fully saturated rings. The Morgan fingerprint density at radius 3 is 3.25 bits per heavy atom. The Morgan fingerprint density at radius 1 is 1.50 bits per heavy atom. The zero-order valence-corrected chi connectivity index (χ0v) is 5.54. The monoisotopic (exact) mass is 129 g/mol. The van der Waals surface area contributed by atoms with Gasteiger partial charge in [0.25, 0.3) is 0 Å². The van der Waals surface area contributed by atoms with E-state index in [0.29, 0.717) is 0 Å². The van der Waals surface area contributed by atoms with Crippen molar-refractivity contribution < 1.29 is 4.79 Å². The molecular formula is C6H9OS. The van der Waals surface area contributed by atoms with E-state index in [0.717, 1.165) is 12.2 Å². The number of carbonyl (C=O) groups excluding carboxylic acids is 1. The van der Waals surface area contributed by atoms with Gasteiger partial charge in [0, 0.05) is 12.2 Å². The van der Waals surface area contributed by atoms with Crippen LogP contribution in [0.2, 0.25) is 0 Å². The fourth-order valence-electron chi connectivity index (χ4n) is 0.698. The van der Waals surface area contributed by atoms with E-state index in [1.165, 1.54) is 24.6 Å². The highest BCUT2D eigenvalue weighted by molar-refractivity contribution is 8.13. The second kappa shape index (κ2) is 3.13. The normalized spacial score (nSPS) is 22.8. The van der Waals surface area contributed by atoms with Crippen molar-refractivity contribution in [3.8, 4) is 0 Å². The van der Waals surface area contributed by atoms with Gasteiger partial charge in [0.1, 0.15) is 0 Å². The van der Waals surface area contributed by atoms with E-state index >= 15 is 0 Å². The molecule has 0 N–H and O–H groups in total. The Bertz CT molecular complexity index is 80.5. The zero-order valence-electron chi connectivity index (χ0n) is 4.72. The first-order valence-electron chi connectivity index (χ1n) is 2.89. The Morgan fingerprint density at radius 2 is 2.38 bits per heavy atom. The lowest BCUT2D eigenvalue weighted by Crippen LogP contribution is -1.87. The first-order valence-corrected chi connectivity index (χ1v) is 3.88. The first-order chi connectivity index (χ1) is 3.89. The highest BCUT2D eigenvalue weighted by Crippen LogP contribution is 2.16. The molecule has 1 heterocycles. The maximum atomic E-state index is 10.6. The SMILES string of the molecule is O=C1[CH]CCCCS1. The molecule has 1 nitrogen and oxygen atoms in total. The number of thioether (sulfide) groups is 1. The molecule has 0 aliphatic carbocycles. The van der Waals surface area contributed by atoms with Crippen LogP contribution in [0, 0.1) is 6.42 Å². The fraction of sp³-hybridized carbons (Fsp3) is 0.667. The molecule has 0 aromatic carbocycles. The van der Waals surface area contributed by atoms with Gasteiger partial charge in [-0.1, -0.05) is 18.2 Å². The van der Waals surface area contributed by atoms with Crippen molar-refractivity contribution in [2.75, 3.05) is 5.75 Å². The maximum Gasteiger partial charge on any atom is 0.192 e.